The van der Waals surface area contributed by atoms with Crippen molar-refractivity contribution in [2.45, 2.75) is 13.0 Å². The average molecular weight is 663 g/mol. The van der Waals surface area contributed by atoms with E-state index in [0.29, 0.717) is 0 Å². The minimum absolute atomic E-state index is 0.748. The van der Waals surface area contributed by atoms with Crippen LogP contribution in [-0.4, -0.2) is 36.0 Å². The molecule has 0 bridgehead atoms. The number of aromatic nitrogens is 6. The second-order valence-corrected chi connectivity index (χ2v) is 6.80. The molecular formula is C26H27ClN7Os. The molecule has 0 unspecified atom stereocenters. The van der Waals surface area contributed by atoms with Crippen molar-refractivity contribution in [3.05, 3.63) is 116 Å². The number of nitrogens with two attached hydrogens (primary N) is 1. The van der Waals surface area contributed by atoms with Crippen LogP contribution < -0.4 is 5.73 Å². The zero-order valence-corrected chi connectivity index (χ0v) is 22.4. The summed E-state index contributed by atoms with van der Waals surface area (Å²) in [6.07, 6.45) is 13.6. The predicted octanol–water partition coefficient (Wildman–Crippen LogP) is 5.21. The topological polar surface area (TPSA) is 95.4 Å². The van der Waals surface area contributed by atoms with Gasteiger partial charge < -0.3 is 10.3 Å². The maximum atomic E-state index is 5.31. The summed E-state index contributed by atoms with van der Waals surface area (Å²) in [7, 11) is 4.67. The fourth-order valence-electron chi connectivity index (χ4n) is 2.75. The maximum Gasteiger partial charge on any atom is 0.0886 e. The molecule has 0 saturated heterocycles. The standard InChI is InChI=1S/2C10H8N2.C6H11N3.ClH.Os/c2*1-3-7-11-9(5-1)10-6-2-4-8-12-10;7-2-1-4-9-5-3-8-6-9;;/h2*1-8H;3,5-6H,1-2,4,7H2;1H;/q;;;;+1/p-1. The van der Waals surface area contributed by atoms with Gasteiger partial charge in [0.1, 0.15) is 0 Å². The van der Waals surface area contributed by atoms with Crippen LogP contribution in [0.5, 0.6) is 0 Å². The van der Waals surface area contributed by atoms with E-state index in [1.165, 1.54) is 17.6 Å². The van der Waals surface area contributed by atoms with E-state index in [0.717, 1.165) is 42.3 Å². The quantitative estimate of drug-likeness (QED) is 0.278. The number of hydrogen-bond acceptors (Lipinski definition) is 6. The van der Waals surface area contributed by atoms with Crippen LogP contribution in [0.25, 0.3) is 22.8 Å². The zero-order valence-electron chi connectivity index (χ0n) is 19.1. The Bertz CT molecular complexity index is 982. The molecule has 5 aromatic rings. The third kappa shape index (κ3) is 11.1. The van der Waals surface area contributed by atoms with E-state index in [-0.39, 0.29) is 0 Å². The van der Waals surface area contributed by atoms with Crippen molar-refractivity contribution in [3.63, 3.8) is 0 Å². The van der Waals surface area contributed by atoms with Crippen molar-refractivity contribution in [2.75, 3.05) is 6.54 Å². The van der Waals surface area contributed by atoms with Crippen LogP contribution in [-0.2, 0) is 24.1 Å². The molecule has 0 atom stereocenters. The first-order chi connectivity index (χ1) is 17.4. The van der Waals surface area contributed by atoms with Crippen molar-refractivity contribution in [3.8, 4) is 22.8 Å². The summed E-state index contributed by atoms with van der Waals surface area (Å²) in [6.45, 7) is 1.73. The molecule has 0 aromatic carbocycles. The molecule has 0 amide bonds. The Hall–Kier alpha value is -3.30. The molecule has 0 radical (unpaired) electrons. The summed E-state index contributed by atoms with van der Waals surface area (Å²) in [5, 5.41) is 0. The molecule has 0 fully saturated rings. The molecule has 5 heterocycles. The van der Waals surface area contributed by atoms with Gasteiger partial charge in [-0.3, -0.25) is 19.9 Å². The number of pyridine rings is 4. The van der Waals surface area contributed by atoms with Crippen LogP contribution in [0.15, 0.2) is 116 Å². The predicted molar refractivity (Wildman–Crippen MR) is 137 cm³/mol. The van der Waals surface area contributed by atoms with Gasteiger partial charge in [0.25, 0.3) is 0 Å². The van der Waals surface area contributed by atoms with E-state index >= 15 is 0 Å². The molecule has 7 nitrogen and oxygen atoms in total. The van der Waals surface area contributed by atoms with Crippen molar-refractivity contribution in [2.24, 2.45) is 5.73 Å². The minimum atomic E-state index is 0.748. The summed E-state index contributed by atoms with van der Waals surface area (Å²) >= 11 is 1.33. The molecule has 35 heavy (non-hydrogen) atoms. The Morgan fingerprint density at radius 1 is 0.629 bits per heavy atom. The van der Waals surface area contributed by atoms with Crippen LogP contribution in [0.4, 0.5) is 0 Å². The zero-order chi connectivity index (χ0) is 25.0. The van der Waals surface area contributed by atoms with Gasteiger partial charge in [-0.05, 0) is 61.5 Å². The molecule has 0 aliphatic rings. The second-order valence-electron chi connectivity index (χ2n) is 6.80. The second kappa shape index (κ2) is 18.1. The average Bonchev–Trinajstić information content (AvgIpc) is 3.49. The number of hydrogen-bond donors (Lipinski definition) is 1. The molecule has 0 aliphatic carbocycles. The fraction of sp³-hybridized carbons (Fsp3) is 0.115. The van der Waals surface area contributed by atoms with E-state index in [2.05, 4.69) is 34.6 Å². The van der Waals surface area contributed by atoms with Gasteiger partial charge in [0.2, 0.25) is 0 Å². The number of halogens is 1. The third-order valence-corrected chi connectivity index (χ3v) is 4.36. The van der Waals surface area contributed by atoms with Gasteiger partial charge in [-0.2, -0.15) is 0 Å². The number of imidazole rings is 1. The van der Waals surface area contributed by atoms with Gasteiger partial charge in [-0.25, -0.2) is 4.98 Å². The van der Waals surface area contributed by atoms with Gasteiger partial charge in [-0.1, -0.05) is 24.3 Å². The first kappa shape index (κ1) is 27.9. The molecule has 0 aliphatic heterocycles. The molecule has 5 aromatic heterocycles. The Labute approximate surface area is 220 Å². The smallest absolute Gasteiger partial charge is 0.0886 e. The summed E-state index contributed by atoms with van der Waals surface area (Å²) in [5.74, 6) is 0. The van der Waals surface area contributed by atoms with Crippen molar-refractivity contribution in [1.82, 2.24) is 29.5 Å². The Balaban J connectivity index is 0.000000181. The van der Waals surface area contributed by atoms with Gasteiger partial charge in [0.15, 0.2) is 0 Å². The summed E-state index contributed by atoms with van der Waals surface area (Å²) < 4.78 is 2.02. The number of aryl methyl sites for hydroxylation is 1. The van der Waals surface area contributed by atoms with Crippen LogP contribution >= 0.6 is 9.64 Å². The van der Waals surface area contributed by atoms with E-state index < -0.39 is 0 Å². The normalized spacial score (nSPS) is 9.34. The van der Waals surface area contributed by atoms with Crippen LogP contribution in [0.3, 0.4) is 0 Å². The Morgan fingerprint density at radius 3 is 1.29 bits per heavy atom. The number of nitrogens with zero attached hydrogens (tertiary/aromatic N) is 6. The molecule has 9 heteroatoms. The fourth-order valence-corrected chi connectivity index (χ4v) is 2.75. The van der Waals surface area contributed by atoms with Crippen LogP contribution in [0.1, 0.15) is 6.42 Å². The first-order valence-electron chi connectivity index (χ1n) is 10.8. The van der Waals surface area contributed by atoms with E-state index in [4.69, 9.17) is 5.73 Å². The summed E-state index contributed by atoms with van der Waals surface area (Å²) in [4.78, 5) is 20.6. The van der Waals surface area contributed by atoms with E-state index in [1.54, 1.807) is 37.3 Å². The minimum Gasteiger partial charge on any atom is -0.255 e. The molecular weight excluding hydrogens is 636 g/mol. The monoisotopic (exact) mass is 664 g/mol. The number of rotatable bonds is 5. The first-order valence-corrected chi connectivity index (χ1v) is 14.0. The van der Waals surface area contributed by atoms with Crippen LogP contribution in [0.2, 0.25) is 0 Å². The molecule has 0 saturated carbocycles. The maximum absolute atomic E-state index is 5.31. The Morgan fingerprint density at radius 2 is 1.03 bits per heavy atom. The van der Waals surface area contributed by atoms with E-state index in [9.17, 15) is 0 Å². The van der Waals surface area contributed by atoms with Gasteiger partial charge in [-0.15, -0.1) is 0 Å². The van der Waals surface area contributed by atoms with E-state index in [1.807, 2.05) is 83.6 Å². The molecule has 5 rings (SSSR count). The van der Waals surface area contributed by atoms with Gasteiger partial charge in [0.05, 0.1) is 29.1 Å². The van der Waals surface area contributed by atoms with Crippen molar-refractivity contribution in [1.29, 1.82) is 0 Å². The molecule has 0 spiro atoms. The largest absolute Gasteiger partial charge is 0.255 e. The Kier molecular flexibility index (Phi) is 14.4. The van der Waals surface area contributed by atoms with Crippen molar-refractivity contribution >= 4 is 9.64 Å². The molecule has 2 N–H and O–H groups in total. The molecule has 181 valence electrons. The van der Waals surface area contributed by atoms with Gasteiger partial charge >= 0.3 is 27.2 Å². The van der Waals surface area contributed by atoms with Crippen LogP contribution in [0, 0.1) is 0 Å². The summed E-state index contributed by atoms with van der Waals surface area (Å²) in [6, 6.07) is 23.2. The third-order valence-electron chi connectivity index (χ3n) is 4.36. The summed E-state index contributed by atoms with van der Waals surface area (Å²) in [5.41, 5.74) is 8.97. The van der Waals surface area contributed by atoms with Gasteiger partial charge in [0, 0.05) is 43.7 Å². The van der Waals surface area contributed by atoms with Crippen molar-refractivity contribution < 1.29 is 17.6 Å². The SMILES string of the molecule is NCCCn1ccnc1.[Cl][Os].c1ccc(-c2ccccn2)nc1.c1ccc(-c2ccccn2)nc1.